The molecule has 0 atom stereocenters. The number of nitrogens with one attached hydrogen (secondary N) is 1. The van der Waals surface area contributed by atoms with E-state index >= 15 is 0 Å². The number of para-hydroxylation sites is 1. The van der Waals surface area contributed by atoms with Gasteiger partial charge in [0.1, 0.15) is 12.4 Å². The first-order chi connectivity index (χ1) is 16.3. The number of aromatic nitrogens is 1. The van der Waals surface area contributed by atoms with Crippen LogP contribution in [0.3, 0.4) is 0 Å². The van der Waals surface area contributed by atoms with Crippen LogP contribution < -0.4 is 10.1 Å². The molecule has 4 rings (SSSR count). The Bertz CT molecular complexity index is 1160. The second-order valence-electron chi connectivity index (χ2n) is 7.98. The molecule has 0 aliphatic carbocycles. The van der Waals surface area contributed by atoms with Crippen molar-refractivity contribution >= 4 is 11.6 Å². The van der Waals surface area contributed by atoms with Gasteiger partial charge in [-0.15, -0.1) is 0 Å². The molecule has 4 heteroatoms. The monoisotopic (exact) mass is 436 g/mol. The van der Waals surface area contributed by atoms with Crippen LogP contribution >= 0.6 is 0 Å². The lowest BCUT2D eigenvalue weighted by molar-refractivity contribution is -0.115. The van der Waals surface area contributed by atoms with Gasteiger partial charge < -0.3 is 10.1 Å². The van der Waals surface area contributed by atoms with E-state index in [1.54, 1.807) is 6.20 Å². The quantitative estimate of drug-likeness (QED) is 0.331. The van der Waals surface area contributed by atoms with Gasteiger partial charge in [0.05, 0.1) is 6.42 Å². The van der Waals surface area contributed by atoms with Crippen molar-refractivity contribution in [2.24, 2.45) is 0 Å². The summed E-state index contributed by atoms with van der Waals surface area (Å²) in [7, 11) is 0. The molecule has 0 aliphatic heterocycles. The fourth-order valence-corrected chi connectivity index (χ4v) is 3.75. The molecule has 1 aromatic heterocycles. The molecule has 0 radical (unpaired) electrons. The fraction of sp³-hybridized carbons (Fsp3) is 0.172. The minimum atomic E-state index is -0.0599. The average Bonchev–Trinajstić information content (AvgIpc) is 2.85. The predicted molar refractivity (Wildman–Crippen MR) is 132 cm³/mol. The highest BCUT2D eigenvalue weighted by Gasteiger charge is 2.07. The summed E-state index contributed by atoms with van der Waals surface area (Å²) in [5.74, 6) is 0.882. The van der Waals surface area contributed by atoms with Crippen LogP contribution in [0.2, 0.25) is 0 Å². The number of anilines is 1. The highest BCUT2D eigenvalue weighted by Crippen LogP contribution is 2.22. The number of pyridine rings is 1. The van der Waals surface area contributed by atoms with E-state index in [2.05, 4.69) is 40.6 Å². The molecule has 33 heavy (non-hydrogen) atoms. The summed E-state index contributed by atoms with van der Waals surface area (Å²) in [4.78, 5) is 16.5. The first-order valence-corrected chi connectivity index (χ1v) is 11.3. The van der Waals surface area contributed by atoms with Crippen LogP contribution in [0.5, 0.6) is 5.75 Å². The van der Waals surface area contributed by atoms with Gasteiger partial charge in [0, 0.05) is 17.6 Å². The van der Waals surface area contributed by atoms with Crippen LogP contribution in [0.4, 0.5) is 5.69 Å². The molecule has 4 aromatic rings. The number of amides is 1. The van der Waals surface area contributed by atoms with Crippen LogP contribution in [-0.2, 0) is 30.7 Å². The molecule has 0 fully saturated rings. The van der Waals surface area contributed by atoms with Gasteiger partial charge in [-0.25, -0.2) is 0 Å². The minimum Gasteiger partial charge on any atom is -0.489 e. The van der Waals surface area contributed by atoms with Crippen molar-refractivity contribution < 1.29 is 9.53 Å². The molecule has 1 N–H and O–H groups in total. The number of aryl methyl sites for hydroxylation is 2. The highest BCUT2D eigenvalue weighted by atomic mass is 16.5. The van der Waals surface area contributed by atoms with Crippen molar-refractivity contribution in [1.29, 1.82) is 0 Å². The van der Waals surface area contributed by atoms with Gasteiger partial charge in [0.15, 0.2) is 0 Å². The van der Waals surface area contributed by atoms with Crippen LogP contribution in [-0.4, -0.2) is 10.9 Å². The van der Waals surface area contributed by atoms with Crippen LogP contribution in [0, 0.1) is 0 Å². The maximum atomic E-state index is 12.3. The summed E-state index contributed by atoms with van der Waals surface area (Å²) in [6.45, 7) is 0.568. The summed E-state index contributed by atoms with van der Waals surface area (Å²) in [5, 5.41) is 2.98. The zero-order valence-corrected chi connectivity index (χ0v) is 18.6. The summed E-state index contributed by atoms with van der Waals surface area (Å²) < 4.78 is 6.09. The number of carbonyl (C=O) groups excluding carboxylic acids is 1. The Kier molecular flexibility index (Phi) is 7.85. The Labute approximate surface area is 195 Å². The van der Waals surface area contributed by atoms with E-state index in [0.717, 1.165) is 42.0 Å². The summed E-state index contributed by atoms with van der Waals surface area (Å²) in [5.41, 5.74) is 5.16. The summed E-state index contributed by atoms with van der Waals surface area (Å²) in [6.07, 6.45) is 4.83. The number of hydrogen-bond acceptors (Lipinski definition) is 3. The molecule has 166 valence electrons. The zero-order valence-electron chi connectivity index (χ0n) is 18.6. The average molecular weight is 437 g/mol. The third-order valence-corrected chi connectivity index (χ3v) is 5.40. The van der Waals surface area contributed by atoms with Gasteiger partial charge in [-0.05, 0) is 66.3 Å². The predicted octanol–water partition coefficient (Wildman–Crippen LogP) is 6.02. The van der Waals surface area contributed by atoms with E-state index in [4.69, 9.17) is 4.74 Å². The van der Waals surface area contributed by atoms with Crippen LogP contribution in [0.25, 0.3) is 0 Å². The molecule has 3 aromatic carbocycles. The van der Waals surface area contributed by atoms with E-state index < -0.39 is 0 Å². The standard InChI is InChI=1S/C29H28N2O2/c32-29(21-26-16-6-7-19-30-26)31-27-17-9-13-23(20-27)12-8-15-25-14-4-5-18-28(25)33-22-24-10-2-1-3-11-24/h1-7,9-11,13-14,16-20H,8,12,15,21-22H2,(H,31,32). The van der Waals surface area contributed by atoms with Crippen molar-refractivity contribution in [3.63, 3.8) is 0 Å². The van der Waals surface area contributed by atoms with Gasteiger partial charge >= 0.3 is 0 Å². The summed E-state index contributed by atoms with van der Waals surface area (Å²) in [6, 6.07) is 32.1. The second kappa shape index (κ2) is 11.6. The Morgan fingerprint density at radius 2 is 1.58 bits per heavy atom. The number of rotatable bonds is 10. The Morgan fingerprint density at radius 1 is 0.788 bits per heavy atom. The minimum absolute atomic E-state index is 0.0599. The lowest BCUT2D eigenvalue weighted by Gasteiger charge is -2.12. The van der Waals surface area contributed by atoms with Crippen molar-refractivity contribution in [2.75, 3.05) is 5.32 Å². The van der Waals surface area contributed by atoms with Gasteiger partial charge in [-0.1, -0.05) is 66.7 Å². The molecule has 0 bridgehead atoms. The van der Waals surface area contributed by atoms with E-state index in [1.807, 2.05) is 66.7 Å². The van der Waals surface area contributed by atoms with Gasteiger partial charge in [-0.3, -0.25) is 9.78 Å². The summed E-state index contributed by atoms with van der Waals surface area (Å²) >= 11 is 0. The molecular weight excluding hydrogens is 408 g/mol. The first-order valence-electron chi connectivity index (χ1n) is 11.3. The molecular formula is C29H28N2O2. The molecule has 1 amide bonds. The number of benzene rings is 3. The molecule has 0 saturated heterocycles. The maximum absolute atomic E-state index is 12.3. The lowest BCUT2D eigenvalue weighted by atomic mass is 10.0. The number of ether oxygens (including phenoxy) is 1. The van der Waals surface area contributed by atoms with Crippen LogP contribution in [0.15, 0.2) is 103 Å². The van der Waals surface area contributed by atoms with E-state index in [-0.39, 0.29) is 12.3 Å². The van der Waals surface area contributed by atoms with Crippen molar-refractivity contribution in [3.05, 3.63) is 126 Å². The largest absolute Gasteiger partial charge is 0.489 e. The third kappa shape index (κ3) is 7.04. The van der Waals surface area contributed by atoms with Gasteiger partial charge in [0.25, 0.3) is 0 Å². The normalized spacial score (nSPS) is 10.5. The van der Waals surface area contributed by atoms with E-state index in [0.29, 0.717) is 6.61 Å². The Balaban J connectivity index is 1.29. The first kappa shape index (κ1) is 22.3. The molecule has 0 saturated carbocycles. The lowest BCUT2D eigenvalue weighted by Crippen LogP contribution is -2.15. The number of hydrogen-bond donors (Lipinski definition) is 1. The molecule has 4 nitrogen and oxygen atoms in total. The van der Waals surface area contributed by atoms with Crippen molar-refractivity contribution in [3.8, 4) is 5.75 Å². The van der Waals surface area contributed by atoms with E-state index in [1.165, 1.54) is 11.1 Å². The third-order valence-electron chi connectivity index (χ3n) is 5.40. The molecule has 1 heterocycles. The number of nitrogens with zero attached hydrogens (tertiary/aromatic N) is 1. The van der Waals surface area contributed by atoms with Crippen molar-refractivity contribution in [2.45, 2.75) is 32.3 Å². The maximum Gasteiger partial charge on any atom is 0.230 e. The molecule has 0 aliphatic rings. The highest BCUT2D eigenvalue weighted by molar-refractivity contribution is 5.92. The van der Waals surface area contributed by atoms with E-state index in [9.17, 15) is 4.79 Å². The Morgan fingerprint density at radius 3 is 2.42 bits per heavy atom. The Hall–Kier alpha value is -3.92. The molecule has 0 spiro atoms. The topological polar surface area (TPSA) is 51.2 Å². The smallest absolute Gasteiger partial charge is 0.230 e. The second-order valence-corrected chi connectivity index (χ2v) is 7.98. The fourth-order valence-electron chi connectivity index (χ4n) is 3.75. The SMILES string of the molecule is O=C(Cc1ccccn1)Nc1cccc(CCCc2ccccc2OCc2ccccc2)c1. The number of carbonyl (C=O) groups is 1. The van der Waals surface area contributed by atoms with Crippen LogP contribution in [0.1, 0.15) is 28.8 Å². The van der Waals surface area contributed by atoms with Crippen molar-refractivity contribution in [1.82, 2.24) is 4.98 Å². The molecule has 0 unspecified atom stereocenters. The van der Waals surface area contributed by atoms with Gasteiger partial charge in [-0.2, -0.15) is 0 Å². The zero-order chi connectivity index (χ0) is 22.7. The van der Waals surface area contributed by atoms with Gasteiger partial charge in [0.2, 0.25) is 5.91 Å².